The molecule has 0 saturated heterocycles. The van der Waals surface area contributed by atoms with Gasteiger partial charge in [-0.2, -0.15) is 0 Å². The number of carbonyl (C=O) groups excluding carboxylic acids is 1. The molecule has 0 bridgehead atoms. The third-order valence-electron chi connectivity index (χ3n) is 1.86. The summed E-state index contributed by atoms with van der Waals surface area (Å²) in [6, 6.07) is 0.507. The number of aliphatic carboxylic acids is 1. The molecular formula is C11H13Br2NO4S. The van der Waals surface area contributed by atoms with E-state index in [9.17, 15) is 14.7 Å². The summed E-state index contributed by atoms with van der Waals surface area (Å²) in [6.45, 7) is 5.13. The first-order valence-electron chi connectivity index (χ1n) is 5.27. The fraction of sp³-hybridized carbons (Fsp3) is 0.455. The van der Waals surface area contributed by atoms with E-state index in [1.807, 2.05) is 0 Å². The number of alkyl carbamates (subject to hydrolysis) is 1. The second-order valence-electron chi connectivity index (χ2n) is 4.69. The summed E-state index contributed by atoms with van der Waals surface area (Å²) < 4.78 is 6.55. The third-order valence-corrected chi connectivity index (χ3v) is 5.18. The monoisotopic (exact) mass is 413 g/mol. The molecule has 8 heteroatoms. The molecule has 1 atom stereocenters. The summed E-state index contributed by atoms with van der Waals surface area (Å²) in [7, 11) is 0. The zero-order valence-corrected chi connectivity index (χ0v) is 14.5. The highest BCUT2D eigenvalue weighted by molar-refractivity contribution is 9.13. The van der Waals surface area contributed by atoms with Gasteiger partial charge >= 0.3 is 12.1 Å². The minimum atomic E-state index is -1.15. The van der Waals surface area contributed by atoms with Crippen molar-refractivity contribution in [2.75, 3.05) is 0 Å². The van der Waals surface area contributed by atoms with Crippen molar-refractivity contribution >= 4 is 55.3 Å². The number of rotatable bonds is 3. The Morgan fingerprint density at radius 2 is 2.00 bits per heavy atom. The van der Waals surface area contributed by atoms with E-state index < -0.39 is 23.7 Å². The molecule has 0 saturated carbocycles. The summed E-state index contributed by atoms with van der Waals surface area (Å²) in [5.41, 5.74) is -0.677. The summed E-state index contributed by atoms with van der Waals surface area (Å²) in [6.07, 6.45) is -0.763. The lowest BCUT2D eigenvalue weighted by molar-refractivity contribution is -0.139. The van der Waals surface area contributed by atoms with Crippen LogP contribution >= 0.6 is 43.2 Å². The molecule has 1 unspecified atom stereocenters. The van der Waals surface area contributed by atoms with E-state index in [0.717, 1.165) is 8.26 Å². The first kappa shape index (κ1) is 16.5. The van der Waals surface area contributed by atoms with E-state index in [4.69, 9.17) is 4.74 Å². The van der Waals surface area contributed by atoms with Crippen LogP contribution in [0, 0.1) is 0 Å². The second kappa shape index (κ2) is 6.23. The average molecular weight is 415 g/mol. The van der Waals surface area contributed by atoms with Crippen LogP contribution in [0.3, 0.4) is 0 Å². The van der Waals surface area contributed by atoms with Gasteiger partial charge in [-0.1, -0.05) is 0 Å². The number of carboxylic acid groups (broad SMARTS) is 1. The number of carbonyl (C=O) groups is 2. The molecule has 0 fully saturated rings. The number of thiophene rings is 1. The SMILES string of the molecule is CC(C)(C)OC(=O)NC(C(=O)O)c1cc(Br)c(Br)s1. The van der Waals surface area contributed by atoms with E-state index >= 15 is 0 Å². The lowest BCUT2D eigenvalue weighted by atomic mass is 10.2. The number of hydrogen-bond acceptors (Lipinski definition) is 4. The van der Waals surface area contributed by atoms with Gasteiger partial charge in [0.15, 0.2) is 6.04 Å². The van der Waals surface area contributed by atoms with Crippen molar-refractivity contribution < 1.29 is 19.4 Å². The highest BCUT2D eigenvalue weighted by Crippen LogP contribution is 2.35. The zero-order valence-electron chi connectivity index (χ0n) is 10.5. The van der Waals surface area contributed by atoms with E-state index in [0.29, 0.717) is 4.88 Å². The number of nitrogens with one attached hydrogen (secondary N) is 1. The minimum absolute atomic E-state index is 0.497. The van der Waals surface area contributed by atoms with Crippen LogP contribution in [0.1, 0.15) is 31.7 Å². The second-order valence-corrected chi connectivity index (χ2v) is 7.94. The minimum Gasteiger partial charge on any atom is -0.479 e. The predicted molar refractivity (Wildman–Crippen MR) is 79.5 cm³/mol. The topological polar surface area (TPSA) is 75.6 Å². The third kappa shape index (κ3) is 5.12. The van der Waals surface area contributed by atoms with E-state index in [-0.39, 0.29) is 0 Å². The van der Waals surface area contributed by atoms with Crippen molar-refractivity contribution in [2.24, 2.45) is 0 Å². The molecule has 0 spiro atoms. The Labute approximate surface area is 131 Å². The zero-order chi connectivity index (χ0) is 14.8. The molecule has 0 aliphatic rings. The van der Waals surface area contributed by atoms with Gasteiger partial charge in [-0.3, -0.25) is 0 Å². The molecule has 0 aliphatic heterocycles. The smallest absolute Gasteiger partial charge is 0.408 e. The molecular weight excluding hydrogens is 402 g/mol. The molecule has 1 aromatic rings. The van der Waals surface area contributed by atoms with Crippen LogP contribution in [0.5, 0.6) is 0 Å². The molecule has 1 rings (SSSR count). The van der Waals surface area contributed by atoms with Crippen LogP contribution in [0.4, 0.5) is 4.79 Å². The van der Waals surface area contributed by atoms with Gasteiger partial charge in [-0.05, 0) is 58.7 Å². The maximum absolute atomic E-state index is 11.6. The molecule has 106 valence electrons. The quantitative estimate of drug-likeness (QED) is 0.785. The molecule has 0 aliphatic carbocycles. The van der Waals surface area contributed by atoms with Gasteiger partial charge in [0.1, 0.15) is 5.60 Å². The van der Waals surface area contributed by atoms with Crippen LogP contribution in [0.2, 0.25) is 0 Å². The number of amides is 1. The maximum atomic E-state index is 11.6. The van der Waals surface area contributed by atoms with Crippen LogP contribution in [-0.4, -0.2) is 22.8 Å². The predicted octanol–water partition coefficient (Wildman–Crippen LogP) is 3.92. The van der Waals surface area contributed by atoms with Crippen molar-refractivity contribution in [3.63, 3.8) is 0 Å². The van der Waals surface area contributed by atoms with Crippen LogP contribution in [-0.2, 0) is 9.53 Å². The summed E-state index contributed by atoms with van der Waals surface area (Å²) in [5, 5.41) is 11.5. The molecule has 0 radical (unpaired) electrons. The number of halogens is 2. The fourth-order valence-electron chi connectivity index (χ4n) is 1.19. The largest absolute Gasteiger partial charge is 0.479 e. The molecule has 5 nitrogen and oxygen atoms in total. The molecule has 0 aromatic carbocycles. The lowest BCUT2D eigenvalue weighted by Crippen LogP contribution is -2.37. The normalized spacial score (nSPS) is 12.9. The molecule has 2 N–H and O–H groups in total. The van der Waals surface area contributed by atoms with Crippen molar-refractivity contribution in [1.29, 1.82) is 0 Å². The maximum Gasteiger partial charge on any atom is 0.408 e. The van der Waals surface area contributed by atoms with E-state index in [2.05, 4.69) is 37.2 Å². The Balaban J connectivity index is 2.85. The van der Waals surface area contributed by atoms with Gasteiger partial charge < -0.3 is 15.2 Å². The highest BCUT2D eigenvalue weighted by Gasteiger charge is 2.27. The van der Waals surface area contributed by atoms with Gasteiger partial charge in [0.25, 0.3) is 0 Å². The summed E-state index contributed by atoms with van der Waals surface area (Å²) >= 11 is 7.79. The van der Waals surface area contributed by atoms with Crippen molar-refractivity contribution in [1.82, 2.24) is 5.32 Å². The summed E-state index contributed by atoms with van der Waals surface area (Å²) in [5.74, 6) is -1.15. The molecule has 1 heterocycles. The Morgan fingerprint density at radius 1 is 1.42 bits per heavy atom. The Hall–Kier alpha value is -0.600. The average Bonchev–Trinajstić information content (AvgIpc) is 2.52. The molecule has 1 amide bonds. The van der Waals surface area contributed by atoms with Crippen LogP contribution < -0.4 is 5.32 Å². The summed E-state index contributed by atoms with van der Waals surface area (Å²) in [4.78, 5) is 23.3. The van der Waals surface area contributed by atoms with Crippen molar-refractivity contribution in [3.8, 4) is 0 Å². The number of ether oxygens (including phenoxy) is 1. The lowest BCUT2D eigenvalue weighted by Gasteiger charge is -2.21. The van der Waals surface area contributed by atoms with Crippen molar-refractivity contribution in [2.45, 2.75) is 32.4 Å². The molecule has 1 aromatic heterocycles. The van der Waals surface area contributed by atoms with Gasteiger partial charge in [-0.15, -0.1) is 11.3 Å². The Morgan fingerprint density at radius 3 is 2.37 bits per heavy atom. The Bertz CT molecular complexity index is 476. The van der Waals surface area contributed by atoms with Crippen molar-refractivity contribution in [3.05, 3.63) is 19.2 Å². The first-order valence-corrected chi connectivity index (χ1v) is 7.67. The number of hydrogen-bond donors (Lipinski definition) is 2. The van der Waals surface area contributed by atoms with Gasteiger partial charge in [0.05, 0.1) is 3.79 Å². The van der Waals surface area contributed by atoms with Gasteiger partial charge in [0, 0.05) is 9.35 Å². The van der Waals surface area contributed by atoms with Crippen LogP contribution in [0.25, 0.3) is 0 Å². The first-order chi connectivity index (χ1) is 8.60. The van der Waals surface area contributed by atoms with Gasteiger partial charge in [-0.25, -0.2) is 9.59 Å². The highest BCUT2D eigenvalue weighted by atomic mass is 79.9. The molecule has 19 heavy (non-hydrogen) atoms. The van der Waals surface area contributed by atoms with Crippen LogP contribution in [0.15, 0.2) is 14.3 Å². The Kier molecular flexibility index (Phi) is 5.40. The standard InChI is InChI=1S/C11H13Br2NO4S/c1-11(2,3)18-10(17)14-7(9(15)16)6-4-5(12)8(13)19-6/h4,7H,1-3H3,(H,14,17)(H,15,16). The fourth-order valence-corrected chi connectivity index (χ4v) is 3.32. The van der Waals surface area contributed by atoms with E-state index in [1.165, 1.54) is 11.3 Å². The van der Waals surface area contributed by atoms with Gasteiger partial charge in [0.2, 0.25) is 0 Å². The van der Waals surface area contributed by atoms with E-state index in [1.54, 1.807) is 26.8 Å². The number of carboxylic acids is 1.